The number of nitrogen functional groups attached to an aromatic ring is 1. The fourth-order valence-corrected chi connectivity index (χ4v) is 8.22. The summed E-state index contributed by atoms with van der Waals surface area (Å²) >= 11 is 0. The molecule has 6 heterocycles. The zero-order valence-electron chi connectivity index (χ0n) is 46.4. The number of aliphatic hydroxyl groups excluding tert-OH is 2. The Bertz CT molecular complexity index is 2730. The maximum absolute atomic E-state index is 12.5. The smallest absolute Gasteiger partial charge is 0.410 e. The highest BCUT2D eigenvalue weighted by Crippen LogP contribution is 2.35. The van der Waals surface area contributed by atoms with Crippen molar-refractivity contribution < 1.29 is 52.1 Å². The van der Waals surface area contributed by atoms with Gasteiger partial charge in [0.15, 0.2) is 11.6 Å². The molecule has 22 heteroatoms. The molecule has 0 radical (unpaired) electrons. The van der Waals surface area contributed by atoms with E-state index < -0.39 is 18.4 Å². The lowest BCUT2D eigenvalue weighted by atomic mass is 10.0. The van der Waals surface area contributed by atoms with Gasteiger partial charge < -0.3 is 64.6 Å². The van der Waals surface area contributed by atoms with Crippen molar-refractivity contribution in [3.8, 4) is 56.8 Å². The summed E-state index contributed by atoms with van der Waals surface area (Å²) in [5.74, 6) is 4.52. The van der Waals surface area contributed by atoms with Crippen LogP contribution in [0.25, 0.3) is 45.3 Å². The molecule has 4 unspecified atom stereocenters. The minimum Gasteiger partial charge on any atom is -0.491 e. The number of hydrogen-bond acceptors (Lipinski definition) is 20. The number of ether oxygens (including phenoxy) is 5. The number of carbonyl (C=O) groups excluding carboxylic acids is 1. The number of benzene rings is 2. The topological polar surface area (TPSA) is 273 Å². The normalized spacial score (nSPS) is 15.8. The predicted molar refractivity (Wildman–Crippen MR) is 293 cm³/mol. The monoisotopic (exact) mass is 1070 g/mol. The van der Waals surface area contributed by atoms with E-state index in [2.05, 4.69) is 31.2 Å². The SMILES string of the molecule is CC.CCOC(=O)N1CCOCC1CNc1nc(-c2cccc(OCC(O)CNC)c2)nc(-c2c(C)noc2C)c1C.CNCC(O)COc1cccc(-c2nc(N)c(C)c(-c3c(C)noc3C)n2)c1.FC1CCCOC1. The second kappa shape index (κ2) is 30.8. The fourth-order valence-electron chi connectivity index (χ4n) is 8.22. The number of carbonyl (C=O) groups is 1. The zero-order chi connectivity index (χ0) is 56.0. The van der Waals surface area contributed by atoms with Crippen LogP contribution in [0.3, 0.4) is 0 Å². The van der Waals surface area contributed by atoms with Crippen LogP contribution in [0.15, 0.2) is 57.6 Å². The van der Waals surface area contributed by atoms with Gasteiger partial charge in [0.05, 0.1) is 66.4 Å². The molecule has 0 saturated carbocycles. The van der Waals surface area contributed by atoms with Crippen LogP contribution in [-0.2, 0) is 14.2 Å². The quantitative estimate of drug-likeness (QED) is 0.0490. The number of aryl methyl sites for hydroxylation is 4. The van der Waals surface area contributed by atoms with Crippen LogP contribution in [0.2, 0.25) is 0 Å². The third-order valence-electron chi connectivity index (χ3n) is 12.2. The van der Waals surface area contributed by atoms with E-state index in [0.29, 0.717) is 117 Å². The lowest BCUT2D eigenvalue weighted by Gasteiger charge is -2.35. The molecule has 2 fully saturated rings. The van der Waals surface area contributed by atoms with E-state index in [4.69, 9.17) is 53.4 Å². The molecule has 77 heavy (non-hydrogen) atoms. The number of morpholine rings is 1. The third kappa shape index (κ3) is 17.3. The molecule has 8 rings (SSSR count). The summed E-state index contributed by atoms with van der Waals surface area (Å²) in [4.78, 5) is 33.2. The number of nitrogens with zero attached hydrogens (tertiary/aromatic N) is 7. The number of rotatable bonds is 18. The Morgan fingerprint density at radius 1 is 0.779 bits per heavy atom. The van der Waals surface area contributed by atoms with Crippen molar-refractivity contribution in [2.24, 2.45) is 0 Å². The van der Waals surface area contributed by atoms with Crippen molar-refractivity contribution in [2.45, 2.75) is 99.6 Å². The van der Waals surface area contributed by atoms with Crippen LogP contribution >= 0.6 is 0 Å². The van der Waals surface area contributed by atoms with Gasteiger partial charge in [0, 0.05) is 55.0 Å². The number of alkyl halides is 1. The molecule has 4 atom stereocenters. The molecule has 2 aliphatic heterocycles. The van der Waals surface area contributed by atoms with E-state index in [-0.39, 0.29) is 25.3 Å². The molecule has 0 aliphatic carbocycles. The van der Waals surface area contributed by atoms with Crippen molar-refractivity contribution in [2.75, 3.05) is 97.6 Å². The first-order chi connectivity index (χ1) is 37.1. The summed E-state index contributed by atoms with van der Waals surface area (Å²) < 4.78 is 50.0. The van der Waals surface area contributed by atoms with E-state index in [0.717, 1.165) is 57.8 Å². The molecule has 2 saturated heterocycles. The molecule has 2 aliphatic rings. The van der Waals surface area contributed by atoms with Gasteiger partial charge in [-0.3, -0.25) is 4.90 Å². The number of nitrogens with one attached hydrogen (secondary N) is 3. The lowest BCUT2D eigenvalue weighted by Crippen LogP contribution is -2.52. The number of aromatic nitrogens is 6. The van der Waals surface area contributed by atoms with Crippen molar-refractivity contribution in [3.63, 3.8) is 0 Å². The Labute approximate surface area is 450 Å². The van der Waals surface area contributed by atoms with Gasteiger partial charge in [-0.1, -0.05) is 48.4 Å². The first-order valence-electron chi connectivity index (χ1n) is 26.1. The number of hydrogen-bond donors (Lipinski definition) is 6. The maximum Gasteiger partial charge on any atom is 0.410 e. The number of likely N-dealkylation sites (N-methyl/N-ethyl adjacent to an activating group) is 2. The molecular formula is C55H78FN11O10. The number of nitrogens with two attached hydrogens (primary N) is 1. The van der Waals surface area contributed by atoms with Crippen LogP contribution in [0, 0.1) is 41.5 Å². The Balaban J connectivity index is 0.000000255. The first kappa shape index (κ1) is 61.0. The number of anilines is 2. The van der Waals surface area contributed by atoms with E-state index in [1.165, 1.54) is 0 Å². The Kier molecular flexibility index (Phi) is 24.4. The highest BCUT2D eigenvalue weighted by atomic mass is 19.1. The van der Waals surface area contributed by atoms with Gasteiger partial charge >= 0.3 is 6.09 Å². The van der Waals surface area contributed by atoms with Gasteiger partial charge in [-0.2, -0.15) is 0 Å². The second-order valence-electron chi connectivity index (χ2n) is 18.1. The summed E-state index contributed by atoms with van der Waals surface area (Å²) in [6, 6.07) is 14.6. The van der Waals surface area contributed by atoms with Gasteiger partial charge in [-0.05, 0) is 99.7 Å². The summed E-state index contributed by atoms with van der Waals surface area (Å²) in [5, 5.41) is 37.2. The Hall–Kier alpha value is -6.82. The molecule has 1 amide bonds. The standard InChI is InChI=1S/C28H38N6O6.C20H25N5O3.C5H9FO.C2H6/c1-6-38-28(36)34-10-11-37-15-21(34)13-30-26-17(2)25(24-18(3)33-40-19(24)4)31-27(32-26)20-8-7-9-23(12-20)39-16-22(35)14-29-5;1-11-18(17-12(2)25-28-13(17)3)23-20(24-19(11)21)14-6-5-7-16(8-14)27-10-15(26)9-22-4;6-5-2-1-3-7-4-5;1-2/h7-9,12,21-22,29,35H,6,10-11,13-16H2,1-5H3,(H,30,31,32);5-8,15,22,26H,9-10H2,1-4H3,(H2,21,23,24);5H,1-4H2;1-2H3. The van der Waals surface area contributed by atoms with Crippen molar-refractivity contribution in [3.05, 3.63) is 82.6 Å². The molecule has 4 aromatic heterocycles. The van der Waals surface area contributed by atoms with Gasteiger partial charge in [0.1, 0.15) is 66.2 Å². The predicted octanol–water partition coefficient (Wildman–Crippen LogP) is 7.38. The van der Waals surface area contributed by atoms with Crippen LogP contribution in [-0.4, -0.2) is 162 Å². The fraction of sp³-hybridized carbons (Fsp3) is 0.509. The zero-order valence-corrected chi connectivity index (χ0v) is 46.4. The maximum atomic E-state index is 12.5. The van der Waals surface area contributed by atoms with E-state index >= 15 is 0 Å². The van der Waals surface area contributed by atoms with Crippen LogP contribution in [0.1, 0.15) is 67.6 Å². The average molecular weight is 1070 g/mol. The summed E-state index contributed by atoms with van der Waals surface area (Å²) in [6.07, 6.45) is -0.684. The van der Waals surface area contributed by atoms with Crippen LogP contribution in [0.4, 0.5) is 20.8 Å². The highest BCUT2D eigenvalue weighted by molar-refractivity contribution is 5.76. The molecule has 420 valence electrons. The Morgan fingerprint density at radius 2 is 1.31 bits per heavy atom. The number of amides is 1. The Morgan fingerprint density at radius 3 is 1.78 bits per heavy atom. The van der Waals surface area contributed by atoms with Crippen molar-refractivity contribution in [1.29, 1.82) is 0 Å². The largest absolute Gasteiger partial charge is 0.491 e. The minimum atomic E-state index is -0.686. The van der Waals surface area contributed by atoms with Gasteiger partial charge in [0.2, 0.25) is 0 Å². The second-order valence-corrected chi connectivity index (χ2v) is 18.1. The minimum absolute atomic E-state index is 0.149. The van der Waals surface area contributed by atoms with E-state index in [1.807, 2.05) is 104 Å². The van der Waals surface area contributed by atoms with Crippen LogP contribution in [0.5, 0.6) is 11.5 Å². The van der Waals surface area contributed by atoms with Gasteiger partial charge in [0.25, 0.3) is 0 Å². The molecule has 2 aromatic carbocycles. The summed E-state index contributed by atoms with van der Waals surface area (Å²) in [7, 11) is 3.55. The van der Waals surface area contributed by atoms with Crippen molar-refractivity contribution >= 4 is 17.7 Å². The van der Waals surface area contributed by atoms with Gasteiger partial charge in [-0.15, -0.1) is 0 Å². The molecule has 6 aromatic rings. The van der Waals surface area contributed by atoms with Crippen molar-refractivity contribution in [1.82, 2.24) is 45.8 Å². The first-order valence-corrected chi connectivity index (χ1v) is 26.1. The number of aliphatic hydroxyl groups is 2. The number of halogens is 1. The third-order valence-corrected chi connectivity index (χ3v) is 12.2. The highest BCUT2D eigenvalue weighted by Gasteiger charge is 2.29. The van der Waals surface area contributed by atoms with E-state index in [1.54, 1.807) is 25.9 Å². The summed E-state index contributed by atoms with van der Waals surface area (Å²) in [5.41, 5.74) is 13.8. The molecule has 0 bridgehead atoms. The van der Waals surface area contributed by atoms with Gasteiger partial charge in [-0.25, -0.2) is 29.1 Å². The molecule has 7 N–H and O–H groups in total. The molecular weight excluding hydrogens is 994 g/mol. The van der Waals surface area contributed by atoms with E-state index in [9.17, 15) is 19.4 Å². The molecule has 0 spiro atoms. The summed E-state index contributed by atoms with van der Waals surface area (Å²) in [6.45, 7) is 21.4. The molecule has 21 nitrogen and oxygen atoms in total. The lowest BCUT2D eigenvalue weighted by molar-refractivity contribution is -0.00379. The average Bonchev–Trinajstić information content (AvgIpc) is 3.96. The van der Waals surface area contributed by atoms with Crippen LogP contribution < -0.4 is 31.2 Å².